The van der Waals surface area contributed by atoms with E-state index in [1.165, 1.54) is 32.1 Å². The summed E-state index contributed by atoms with van der Waals surface area (Å²) in [6, 6.07) is 0.811. The molecule has 0 atom stereocenters. The molecule has 1 aliphatic carbocycles. The summed E-state index contributed by atoms with van der Waals surface area (Å²) in [5.74, 6) is 0.915. The van der Waals surface area contributed by atoms with Crippen molar-refractivity contribution in [3.8, 4) is 0 Å². The maximum atomic E-state index is 10.3. The summed E-state index contributed by atoms with van der Waals surface area (Å²) >= 11 is 0. The lowest BCUT2D eigenvalue weighted by Gasteiger charge is -2.32. The van der Waals surface area contributed by atoms with Crippen LogP contribution in [0.3, 0.4) is 0 Å². The van der Waals surface area contributed by atoms with Gasteiger partial charge in [0.05, 0.1) is 6.61 Å². The smallest absolute Gasteiger partial charge is 0.0822 e. The number of hydrogen-bond donors (Lipinski definition) is 0. The minimum absolute atomic E-state index is 0.118. The average Bonchev–Trinajstić information content (AvgIpc) is 2.19. The van der Waals surface area contributed by atoms with Crippen LogP contribution < -0.4 is 0 Å². The Hall–Kier alpha value is -0.0800. The zero-order chi connectivity index (χ0) is 10.4. The van der Waals surface area contributed by atoms with Crippen LogP contribution in [0.2, 0.25) is 0 Å². The molecule has 2 heteroatoms. The molecule has 0 bridgehead atoms. The first-order valence-electron chi connectivity index (χ1n) is 5.98. The van der Waals surface area contributed by atoms with Crippen LogP contribution in [0.25, 0.3) is 0 Å². The third kappa shape index (κ3) is 3.97. The summed E-state index contributed by atoms with van der Waals surface area (Å²) in [4.78, 5) is 2.36. The molecule has 1 fully saturated rings. The molecule has 0 aromatic rings. The van der Waals surface area contributed by atoms with Crippen molar-refractivity contribution in [1.82, 2.24) is 4.90 Å². The Morgan fingerprint density at radius 3 is 2.21 bits per heavy atom. The molecule has 1 radical (unpaired) electrons. The first-order chi connectivity index (χ1) is 6.74. The van der Waals surface area contributed by atoms with Crippen LogP contribution in [0.1, 0.15) is 44.9 Å². The molecule has 0 saturated heterocycles. The molecule has 0 unspecified atom stereocenters. The topological polar surface area (TPSA) is 23.1 Å². The van der Waals surface area contributed by atoms with Crippen molar-refractivity contribution >= 4 is 0 Å². The van der Waals surface area contributed by atoms with E-state index in [9.17, 15) is 5.11 Å². The van der Waals surface area contributed by atoms with E-state index in [0.717, 1.165) is 24.8 Å². The van der Waals surface area contributed by atoms with Crippen molar-refractivity contribution in [2.75, 3.05) is 20.7 Å². The fourth-order valence-corrected chi connectivity index (χ4v) is 2.49. The Morgan fingerprint density at radius 2 is 1.71 bits per heavy atom. The fraction of sp³-hybridized carbons (Fsp3) is 1.00. The molecule has 0 heterocycles. The molecule has 0 aromatic carbocycles. The van der Waals surface area contributed by atoms with Crippen LogP contribution in [0.5, 0.6) is 0 Å². The molecular weight excluding hydrogens is 174 g/mol. The lowest BCUT2D eigenvalue weighted by Crippen LogP contribution is -2.32. The molecule has 83 valence electrons. The van der Waals surface area contributed by atoms with Crippen molar-refractivity contribution < 1.29 is 5.11 Å². The first-order valence-corrected chi connectivity index (χ1v) is 5.98. The van der Waals surface area contributed by atoms with Gasteiger partial charge in [0.1, 0.15) is 0 Å². The summed E-state index contributed by atoms with van der Waals surface area (Å²) in [7, 11) is 4.37. The number of unbranched alkanes of at least 4 members (excludes halogenated alkanes) is 1. The zero-order valence-corrected chi connectivity index (χ0v) is 9.67. The Labute approximate surface area is 88.3 Å². The van der Waals surface area contributed by atoms with E-state index in [4.69, 9.17) is 0 Å². The fourth-order valence-electron chi connectivity index (χ4n) is 2.49. The summed E-state index contributed by atoms with van der Waals surface area (Å²) < 4.78 is 0. The van der Waals surface area contributed by atoms with Gasteiger partial charge in [-0.05, 0) is 52.1 Å². The van der Waals surface area contributed by atoms with E-state index in [0.29, 0.717) is 0 Å². The van der Waals surface area contributed by atoms with Crippen molar-refractivity contribution in [3.63, 3.8) is 0 Å². The van der Waals surface area contributed by atoms with Crippen molar-refractivity contribution in [2.24, 2.45) is 5.92 Å². The predicted molar refractivity (Wildman–Crippen MR) is 58.8 cm³/mol. The highest BCUT2D eigenvalue weighted by Gasteiger charge is 2.21. The van der Waals surface area contributed by atoms with Gasteiger partial charge >= 0.3 is 0 Å². The standard InChI is InChI=1S/C12H24NO/c1-13(2)12-8-6-11(7-9-12)5-3-4-10-14/h11-12H,3-10H2,1-2H3. The van der Waals surface area contributed by atoms with Gasteiger partial charge in [-0.25, -0.2) is 5.11 Å². The second-order valence-corrected chi connectivity index (χ2v) is 4.84. The quantitative estimate of drug-likeness (QED) is 0.623. The molecular formula is C12H24NO. The van der Waals surface area contributed by atoms with Gasteiger partial charge in [0.25, 0.3) is 0 Å². The van der Waals surface area contributed by atoms with E-state index in [-0.39, 0.29) is 6.61 Å². The van der Waals surface area contributed by atoms with E-state index in [1.807, 2.05) is 0 Å². The Bertz CT molecular complexity index is 139. The largest absolute Gasteiger partial charge is 0.306 e. The number of hydrogen-bond acceptors (Lipinski definition) is 1. The van der Waals surface area contributed by atoms with Crippen LogP contribution in [0, 0.1) is 5.92 Å². The van der Waals surface area contributed by atoms with E-state index < -0.39 is 0 Å². The molecule has 0 spiro atoms. The highest BCUT2D eigenvalue weighted by atomic mass is 16.2. The molecule has 14 heavy (non-hydrogen) atoms. The van der Waals surface area contributed by atoms with E-state index in [2.05, 4.69) is 19.0 Å². The summed E-state index contributed by atoms with van der Waals surface area (Å²) in [6.07, 6.45) is 8.80. The summed E-state index contributed by atoms with van der Waals surface area (Å²) in [5.41, 5.74) is 0. The second-order valence-electron chi connectivity index (χ2n) is 4.84. The third-order valence-electron chi connectivity index (χ3n) is 3.55. The van der Waals surface area contributed by atoms with Gasteiger partial charge in [0.2, 0.25) is 0 Å². The lowest BCUT2D eigenvalue weighted by molar-refractivity contribution is 0.170. The molecule has 0 aromatic heterocycles. The highest BCUT2D eigenvalue weighted by molar-refractivity contribution is 4.76. The Balaban J connectivity index is 2.09. The molecule has 0 amide bonds. The maximum Gasteiger partial charge on any atom is 0.0822 e. The van der Waals surface area contributed by atoms with E-state index >= 15 is 0 Å². The van der Waals surface area contributed by atoms with Gasteiger partial charge in [-0.15, -0.1) is 0 Å². The van der Waals surface area contributed by atoms with Gasteiger partial charge in [-0.1, -0.05) is 12.8 Å². The lowest BCUT2D eigenvalue weighted by atomic mass is 9.83. The number of rotatable bonds is 5. The summed E-state index contributed by atoms with van der Waals surface area (Å²) in [6.45, 7) is 0.118. The van der Waals surface area contributed by atoms with Gasteiger partial charge in [-0.2, -0.15) is 0 Å². The molecule has 1 rings (SSSR count). The second kappa shape index (κ2) is 6.41. The molecule has 1 saturated carbocycles. The minimum Gasteiger partial charge on any atom is -0.306 e. The monoisotopic (exact) mass is 198 g/mol. The van der Waals surface area contributed by atoms with Crippen molar-refractivity contribution in [3.05, 3.63) is 0 Å². The number of nitrogens with zero attached hydrogens (tertiary/aromatic N) is 1. The van der Waals surface area contributed by atoms with Crippen LogP contribution in [0.15, 0.2) is 0 Å². The summed E-state index contributed by atoms with van der Waals surface area (Å²) in [5, 5.41) is 10.3. The van der Waals surface area contributed by atoms with Gasteiger partial charge < -0.3 is 4.90 Å². The Morgan fingerprint density at radius 1 is 1.07 bits per heavy atom. The van der Waals surface area contributed by atoms with Gasteiger partial charge in [0, 0.05) is 6.04 Å². The predicted octanol–water partition coefficient (Wildman–Crippen LogP) is 2.71. The van der Waals surface area contributed by atoms with Crippen LogP contribution >= 0.6 is 0 Å². The Kier molecular flexibility index (Phi) is 5.49. The molecule has 1 aliphatic rings. The van der Waals surface area contributed by atoms with Crippen molar-refractivity contribution in [1.29, 1.82) is 0 Å². The maximum absolute atomic E-state index is 10.3. The van der Waals surface area contributed by atoms with Gasteiger partial charge in [-0.3, -0.25) is 0 Å². The SMILES string of the molecule is CN(C)C1CCC(CCCC[O])CC1. The van der Waals surface area contributed by atoms with Crippen LogP contribution in [-0.4, -0.2) is 31.6 Å². The van der Waals surface area contributed by atoms with Crippen LogP contribution in [-0.2, 0) is 5.11 Å². The molecule has 0 aliphatic heterocycles. The zero-order valence-electron chi connectivity index (χ0n) is 9.67. The van der Waals surface area contributed by atoms with Gasteiger partial charge in [0.15, 0.2) is 0 Å². The minimum atomic E-state index is 0.118. The van der Waals surface area contributed by atoms with E-state index in [1.54, 1.807) is 0 Å². The average molecular weight is 198 g/mol. The normalized spacial score (nSPS) is 28.3. The third-order valence-corrected chi connectivity index (χ3v) is 3.55. The first kappa shape index (κ1) is 12.0. The molecule has 2 nitrogen and oxygen atoms in total. The van der Waals surface area contributed by atoms with Crippen molar-refractivity contribution in [2.45, 2.75) is 51.0 Å². The van der Waals surface area contributed by atoms with Crippen LogP contribution in [0.4, 0.5) is 0 Å². The molecule has 0 N–H and O–H groups in total. The highest BCUT2D eigenvalue weighted by Crippen LogP contribution is 2.29.